The van der Waals surface area contributed by atoms with Crippen LogP contribution in [-0.4, -0.2) is 36.3 Å². The Morgan fingerprint density at radius 2 is 1.85 bits per heavy atom. The number of nitrogens with zero attached hydrogens (tertiary/aromatic N) is 2. The quantitative estimate of drug-likeness (QED) is 0.570. The SMILES string of the molecule is Cc1ccc(N2CCCN(Cc3cccc(OC(F)(F)F)c3)C2=O)c(NC(=O)C2CCCC2)c1. The van der Waals surface area contributed by atoms with Crippen LogP contribution in [0.1, 0.15) is 43.2 Å². The molecular weight excluding hydrogens is 447 g/mol. The molecule has 2 aromatic carbocycles. The molecule has 0 bridgehead atoms. The maximum absolute atomic E-state index is 13.4. The molecule has 4 rings (SSSR count). The number of benzene rings is 2. The molecule has 1 N–H and O–H groups in total. The van der Waals surface area contributed by atoms with Gasteiger partial charge in [0.1, 0.15) is 5.75 Å². The van der Waals surface area contributed by atoms with Gasteiger partial charge in [0.15, 0.2) is 0 Å². The predicted octanol–water partition coefficient (Wildman–Crippen LogP) is 5.85. The van der Waals surface area contributed by atoms with Crippen LogP contribution in [0, 0.1) is 12.8 Å². The van der Waals surface area contributed by atoms with Crippen LogP contribution in [0.5, 0.6) is 5.75 Å². The lowest BCUT2D eigenvalue weighted by molar-refractivity contribution is -0.274. The number of carbonyl (C=O) groups is 2. The molecule has 0 radical (unpaired) electrons. The van der Waals surface area contributed by atoms with Crippen molar-refractivity contribution in [2.45, 2.75) is 51.9 Å². The summed E-state index contributed by atoms with van der Waals surface area (Å²) in [5, 5.41) is 3.03. The van der Waals surface area contributed by atoms with E-state index in [2.05, 4.69) is 10.1 Å². The molecule has 6 nitrogen and oxygen atoms in total. The van der Waals surface area contributed by atoms with E-state index in [1.807, 2.05) is 25.1 Å². The second-order valence-electron chi connectivity index (χ2n) is 8.90. The minimum absolute atomic E-state index is 0.00638. The van der Waals surface area contributed by atoms with Gasteiger partial charge in [-0.25, -0.2) is 4.79 Å². The molecule has 182 valence electrons. The first-order valence-electron chi connectivity index (χ1n) is 11.5. The monoisotopic (exact) mass is 475 g/mol. The number of ether oxygens (including phenoxy) is 1. The Morgan fingerprint density at radius 3 is 2.59 bits per heavy atom. The highest BCUT2D eigenvalue weighted by Crippen LogP contribution is 2.33. The van der Waals surface area contributed by atoms with Crippen molar-refractivity contribution in [2.75, 3.05) is 23.3 Å². The van der Waals surface area contributed by atoms with E-state index in [0.29, 0.717) is 36.4 Å². The van der Waals surface area contributed by atoms with Gasteiger partial charge in [0.2, 0.25) is 5.91 Å². The van der Waals surface area contributed by atoms with E-state index >= 15 is 0 Å². The lowest BCUT2D eigenvalue weighted by Gasteiger charge is -2.36. The van der Waals surface area contributed by atoms with Crippen molar-refractivity contribution in [1.82, 2.24) is 4.90 Å². The minimum Gasteiger partial charge on any atom is -0.406 e. The van der Waals surface area contributed by atoms with Crippen molar-refractivity contribution in [3.63, 3.8) is 0 Å². The summed E-state index contributed by atoms with van der Waals surface area (Å²) in [6, 6.07) is 11.0. The van der Waals surface area contributed by atoms with Gasteiger partial charge in [0, 0.05) is 25.6 Å². The third-order valence-corrected chi connectivity index (χ3v) is 6.24. The summed E-state index contributed by atoms with van der Waals surface area (Å²) in [5.41, 5.74) is 2.73. The van der Waals surface area contributed by atoms with Gasteiger partial charge in [0.05, 0.1) is 11.4 Å². The third kappa shape index (κ3) is 5.81. The van der Waals surface area contributed by atoms with E-state index in [0.717, 1.165) is 31.2 Å². The number of amides is 3. The van der Waals surface area contributed by atoms with Crippen molar-refractivity contribution >= 4 is 23.3 Å². The fourth-order valence-corrected chi connectivity index (χ4v) is 4.62. The molecule has 1 saturated carbocycles. The van der Waals surface area contributed by atoms with Crippen LogP contribution in [-0.2, 0) is 11.3 Å². The predicted molar refractivity (Wildman–Crippen MR) is 123 cm³/mol. The Hall–Kier alpha value is -3.23. The molecule has 1 aliphatic carbocycles. The zero-order chi connectivity index (χ0) is 24.3. The maximum Gasteiger partial charge on any atom is 0.573 e. The number of anilines is 2. The number of carbonyl (C=O) groups excluding carboxylic acids is 2. The van der Waals surface area contributed by atoms with Crippen molar-refractivity contribution < 1.29 is 27.5 Å². The van der Waals surface area contributed by atoms with Crippen LogP contribution in [0.15, 0.2) is 42.5 Å². The van der Waals surface area contributed by atoms with Gasteiger partial charge in [-0.05, 0) is 61.6 Å². The summed E-state index contributed by atoms with van der Waals surface area (Å²) in [7, 11) is 0. The molecule has 34 heavy (non-hydrogen) atoms. The van der Waals surface area contributed by atoms with Crippen LogP contribution in [0.25, 0.3) is 0 Å². The minimum atomic E-state index is -4.78. The fourth-order valence-electron chi connectivity index (χ4n) is 4.62. The van der Waals surface area contributed by atoms with Crippen LogP contribution in [0.4, 0.5) is 29.3 Å². The highest BCUT2D eigenvalue weighted by Gasteiger charge is 2.32. The van der Waals surface area contributed by atoms with Gasteiger partial charge in [0.25, 0.3) is 0 Å². The first-order valence-corrected chi connectivity index (χ1v) is 11.5. The molecule has 1 heterocycles. The maximum atomic E-state index is 13.4. The van der Waals surface area contributed by atoms with Gasteiger partial charge in [-0.3, -0.25) is 9.69 Å². The Morgan fingerprint density at radius 1 is 1.09 bits per heavy atom. The summed E-state index contributed by atoms with van der Waals surface area (Å²) >= 11 is 0. The molecule has 0 spiro atoms. The van der Waals surface area contributed by atoms with Crippen LogP contribution >= 0.6 is 0 Å². The molecule has 3 amide bonds. The first-order chi connectivity index (χ1) is 16.2. The number of hydrogen-bond donors (Lipinski definition) is 1. The van der Waals surface area contributed by atoms with E-state index in [9.17, 15) is 22.8 Å². The Labute approximate surface area is 196 Å². The lowest BCUT2D eigenvalue weighted by Crippen LogP contribution is -2.49. The average Bonchev–Trinajstić information content (AvgIpc) is 3.30. The van der Waals surface area contributed by atoms with Crippen molar-refractivity contribution in [2.24, 2.45) is 5.92 Å². The average molecular weight is 476 g/mol. The molecule has 2 aliphatic rings. The molecule has 9 heteroatoms. The summed E-state index contributed by atoms with van der Waals surface area (Å²) in [6.07, 6.45) is -0.238. The first kappa shape index (κ1) is 23.9. The van der Waals surface area contributed by atoms with Gasteiger partial charge >= 0.3 is 12.4 Å². The molecule has 2 fully saturated rings. The highest BCUT2D eigenvalue weighted by molar-refractivity contribution is 6.01. The smallest absolute Gasteiger partial charge is 0.406 e. The van der Waals surface area contributed by atoms with E-state index in [4.69, 9.17) is 0 Å². The van der Waals surface area contributed by atoms with Crippen molar-refractivity contribution in [1.29, 1.82) is 0 Å². The third-order valence-electron chi connectivity index (χ3n) is 6.24. The Bertz CT molecular complexity index is 1050. The summed E-state index contributed by atoms with van der Waals surface area (Å²) in [5.74, 6) is -0.345. The molecule has 2 aromatic rings. The highest BCUT2D eigenvalue weighted by atomic mass is 19.4. The number of aryl methyl sites for hydroxylation is 1. The molecular formula is C25H28F3N3O3. The van der Waals surface area contributed by atoms with Gasteiger partial charge in [-0.15, -0.1) is 13.2 Å². The fraction of sp³-hybridized carbons (Fsp3) is 0.440. The Kier molecular flexibility index (Phi) is 7.00. The van der Waals surface area contributed by atoms with Gasteiger partial charge in [-0.2, -0.15) is 0 Å². The van der Waals surface area contributed by atoms with Gasteiger partial charge in [-0.1, -0.05) is 31.0 Å². The number of urea groups is 1. The number of alkyl halides is 3. The zero-order valence-electron chi connectivity index (χ0n) is 19.0. The Balaban J connectivity index is 1.51. The van der Waals surface area contributed by atoms with Crippen LogP contribution < -0.4 is 15.0 Å². The largest absolute Gasteiger partial charge is 0.573 e. The lowest BCUT2D eigenvalue weighted by atomic mass is 10.1. The zero-order valence-corrected chi connectivity index (χ0v) is 19.0. The number of nitrogens with one attached hydrogen (secondary N) is 1. The normalized spacial score (nSPS) is 17.2. The molecule has 1 saturated heterocycles. The molecule has 0 aromatic heterocycles. The van der Waals surface area contributed by atoms with E-state index in [1.165, 1.54) is 18.2 Å². The van der Waals surface area contributed by atoms with Crippen LogP contribution in [0.2, 0.25) is 0 Å². The molecule has 1 aliphatic heterocycles. The van der Waals surface area contributed by atoms with E-state index in [-0.39, 0.29) is 30.2 Å². The van der Waals surface area contributed by atoms with Crippen LogP contribution in [0.3, 0.4) is 0 Å². The number of rotatable bonds is 6. The van der Waals surface area contributed by atoms with Crippen molar-refractivity contribution in [3.05, 3.63) is 53.6 Å². The van der Waals surface area contributed by atoms with E-state index in [1.54, 1.807) is 15.9 Å². The van der Waals surface area contributed by atoms with Gasteiger partial charge < -0.3 is 15.0 Å². The van der Waals surface area contributed by atoms with E-state index < -0.39 is 6.36 Å². The summed E-state index contributed by atoms with van der Waals surface area (Å²) in [4.78, 5) is 29.3. The summed E-state index contributed by atoms with van der Waals surface area (Å²) in [6.45, 7) is 3.05. The molecule has 0 atom stereocenters. The standard InChI is InChI=1S/C25H28F3N3O3/c1-17-10-11-22(21(14-17)29-23(32)19-7-2-3-8-19)31-13-5-12-30(24(31)33)16-18-6-4-9-20(15-18)34-25(26,27)28/h4,6,9-11,14-15,19H,2-3,5,7-8,12-13,16H2,1H3,(H,29,32). The number of halogens is 3. The second kappa shape index (κ2) is 9.95. The topological polar surface area (TPSA) is 61.9 Å². The molecule has 0 unspecified atom stereocenters. The number of hydrogen-bond acceptors (Lipinski definition) is 3. The second-order valence-corrected chi connectivity index (χ2v) is 8.90. The van der Waals surface area contributed by atoms with Crippen molar-refractivity contribution in [3.8, 4) is 5.75 Å². The summed E-state index contributed by atoms with van der Waals surface area (Å²) < 4.78 is 41.7.